The van der Waals surface area contributed by atoms with Gasteiger partial charge >= 0.3 is 5.97 Å². The molecule has 5 nitrogen and oxygen atoms in total. The number of fused-ring (bicyclic) bond motifs is 2. The molecule has 142 valence electrons. The Labute approximate surface area is 159 Å². The molecule has 1 aliphatic carbocycles. The van der Waals surface area contributed by atoms with Gasteiger partial charge < -0.3 is 14.7 Å². The maximum Gasteiger partial charge on any atom is 0.316 e. The number of methoxy groups -OCH3 is 1. The minimum absolute atomic E-state index is 0.0585. The van der Waals surface area contributed by atoms with E-state index < -0.39 is 11.5 Å². The number of rotatable bonds is 1. The Kier molecular flexibility index (Phi) is 2.84. The lowest BCUT2D eigenvalue weighted by Gasteiger charge is -2.61. The number of hydrogen-bond acceptors (Lipinski definition) is 5. The van der Waals surface area contributed by atoms with Gasteiger partial charge in [-0.25, -0.2) is 0 Å². The van der Waals surface area contributed by atoms with Gasteiger partial charge in [-0.05, 0) is 31.4 Å². The standard InChI is InChI=1S/C22H26N2O3/c1-4-12-11-24-16-9-14(12)22(20(26)27-3)17(24)10-21(19(22)25)13-7-5-6-8-15(13)23(2)18(16)21/h4-8,14,16-19,25H,9-11H2,1-3H3/t14-,16+,17-,18+,19-,21-,22+/m0/s1. The van der Waals surface area contributed by atoms with Crippen LogP contribution in [0, 0.1) is 11.3 Å². The van der Waals surface area contributed by atoms with E-state index in [9.17, 15) is 9.90 Å². The Balaban J connectivity index is 1.67. The molecule has 1 N–H and O–H groups in total. The lowest BCUT2D eigenvalue weighted by atomic mass is 9.58. The molecule has 5 heterocycles. The second-order valence-corrected chi connectivity index (χ2v) is 9.05. The zero-order chi connectivity index (χ0) is 18.7. The van der Waals surface area contributed by atoms with E-state index in [1.54, 1.807) is 0 Å². The van der Waals surface area contributed by atoms with Crippen molar-refractivity contribution in [2.45, 2.75) is 49.4 Å². The van der Waals surface area contributed by atoms with Gasteiger partial charge in [-0.2, -0.15) is 0 Å². The van der Waals surface area contributed by atoms with Crippen LogP contribution in [0.3, 0.4) is 0 Å². The average Bonchev–Trinajstić information content (AvgIpc) is 3.08. The minimum atomic E-state index is -0.849. The van der Waals surface area contributed by atoms with Crippen molar-refractivity contribution in [1.82, 2.24) is 4.90 Å². The third kappa shape index (κ3) is 1.40. The molecule has 5 aliphatic heterocycles. The summed E-state index contributed by atoms with van der Waals surface area (Å²) in [7, 11) is 3.63. The Bertz CT molecular complexity index is 897. The van der Waals surface area contributed by atoms with E-state index in [1.807, 2.05) is 0 Å². The topological polar surface area (TPSA) is 53.0 Å². The van der Waals surface area contributed by atoms with Crippen LogP contribution in [0.1, 0.15) is 25.3 Å². The first-order valence-electron chi connectivity index (χ1n) is 10.0. The zero-order valence-electron chi connectivity index (χ0n) is 16.1. The fourth-order valence-electron chi connectivity index (χ4n) is 7.97. The molecule has 1 spiro atoms. The maximum absolute atomic E-state index is 13.3. The lowest BCUT2D eigenvalue weighted by molar-refractivity contribution is -0.179. The van der Waals surface area contributed by atoms with Crippen LogP contribution < -0.4 is 4.90 Å². The first kappa shape index (κ1) is 16.1. The Morgan fingerprint density at radius 3 is 2.89 bits per heavy atom. The van der Waals surface area contributed by atoms with Crippen molar-refractivity contribution in [2.24, 2.45) is 11.3 Å². The summed E-state index contributed by atoms with van der Waals surface area (Å²) in [5.74, 6) is -0.146. The lowest BCUT2D eigenvalue weighted by Crippen LogP contribution is -2.71. The number of carbonyl (C=O) groups is 1. The summed E-state index contributed by atoms with van der Waals surface area (Å²) < 4.78 is 5.37. The number of carbonyl (C=O) groups excluding carboxylic acids is 1. The van der Waals surface area contributed by atoms with Crippen LogP contribution in [-0.4, -0.2) is 60.9 Å². The molecule has 0 radical (unpaired) electrons. The highest BCUT2D eigenvalue weighted by Gasteiger charge is 2.82. The van der Waals surface area contributed by atoms with Crippen LogP contribution >= 0.6 is 0 Å². The Morgan fingerprint density at radius 1 is 1.37 bits per heavy atom. The van der Waals surface area contributed by atoms with E-state index in [-0.39, 0.29) is 29.4 Å². The maximum atomic E-state index is 13.3. The zero-order valence-corrected chi connectivity index (χ0v) is 16.1. The molecule has 5 heteroatoms. The number of ether oxygens (including phenoxy) is 1. The second kappa shape index (κ2) is 4.76. The molecule has 5 bridgehead atoms. The van der Waals surface area contributed by atoms with E-state index in [2.05, 4.69) is 54.1 Å². The fraction of sp³-hybridized carbons (Fsp3) is 0.591. The first-order chi connectivity index (χ1) is 13.0. The number of anilines is 1. The number of piperidine rings is 4. The number of nitrogens with zero attached hydrogens (tertiary/aromatic N) is 2. The molecule has 7 rings (SSSR count). The number of esters is 1. The van der Waals surface area contributed by atoms with Crippen LogP contribution in [0.2, 0.25) is 0 Å². The highest BCUT2D eigenvalue weighted by molar-refractivity contribution is 5.84. The summed E-state index contributed by atoms with van der Waals surface area (Å²) in [5.41, 5.74) is 2.48. The van der Waals surface area contributed by atoms with Gasteiger partial charge in [0.25, 0.3) is 0 Å². The second-order valence-electron chi connectivity index (χ2n) is 9.05. The van der Waals surface area contributed by atoms with E-state index >= 15 is 0 Å². The van der Waals surface area contributed by atoms with Crippen molar-refractivity contribution < 1.29 is 14.6 Å². The number of aliphatic hydroxyl groups is 1. The molecule has 1 saturated carbocycles. The quantitative estimate of drug-likeness (QED) is 0.606. The molecule has 6 aliphatic rings. The largest absolute Gasteiger partial charge is 0.468 e. The third-order valence-corrected chi connectivity index (χ3v) is 8.72. The molecule has 5 fully saturated rings. The van der Waals surface area contributed by atoms with Crippen molar-refractivity contribution in [2.75, 3.05) is 25.6 Å². The number of aliphatic hydroxyl groups excluding tert-OH is 1. The molecular weight excluding hydrogens is 340 g/mol. The van der Waals surface area contributed by atoms with Crippen molar-refractivity contribution in [3.63, 3.8) is 0 Å². The third-order valence-electron chi connectivity index (χ3n) is 8.72. The van der Waals surface area contributed by atoms with Gasteiger partial charge in [0, 0.05) is 42.7 Å². The summed E-state index contributed by atoms with van der Waals surface area (Å²) in [6, 6.07) is 9.09. The average molecular weight is 366 g/mol. The van der Waals surface area contributed by atoms with E-state index in [0.29, 0.717) is 6.04 Å². The molecule has 1 aromatic rings. The molecule has 0 amide bonds. The van der Waals surface area contributed by atoms with E-state index in [4.69, 9.17) is 4.74 Å². The number of likely N-dealkylation sites (N-methyl/N-ethyl adjacent to an activating group) is 1. The van der Waals surface area contributed by atoms with E-state index in [1.165, 1.54) is 23.9 Å². The Hall–Kier alpha value is -1.85. The van der Waals surface area contributed by atoms with Gasteiger partial charge in [0.05, 0.1) is 19.3 Å². The van der Waals surface area contributed by atoms with Crippen molar-refractivity contribution in [3.05, 3.63) is 41.5 Å². The molecule has 0 aromatic heterocycles. The summed E-state index contributed by atoms with van der Waals surface area (Å²) in [5, 5.41) is 12.0. The van der Waals surface area contributed by atoms with Crippen LogP contribution in [0.5, 0.6) is 0 Å². The highest BCUT2D eigenvalue weighted by atomic mass is 16.5. The smallest absolute Gasteiger partial charge is 0.316 e. The molecule has 4 saturated heterocycles. The molecule has 1 aromatic carbocycles. The van der Waals surface area contributed by atoms with Gasteiger partial charge in [0.15, 0.2) is 0 Å². The monoisotopic (exact) mass is 366 g/mol. The van der Waals surface area contributed by atoms with Gasteiger partial charge in [-0.15, -0.1) is 0 Å². The van der Waals surface area contributed by atoms with Crippen molar-refractivity contribution in [3.8, 4) is 0 Å². The predicted molar refractivity (Wildman–Crippen MR) is 102 cm³/mol. The Morgan fingerprint density at radius 2 is 2.15 bits per heavy atom. The number of benzene rings is 1. The fourth-order valence-corrected chi connectivity index (χ4v) is 7.97. The molecule has 27 heavy (non-hydrogen) atoms. The summed E-state index contributed by atoms with van der Waals surface area (Å²) >= 11 is 0. The first-order valence-corrected chi connectivity index (χ1v) is 10.0. The van der Waals surface area contributed by atoms with Crippen molar-refractivity contribution in [1.29, 1.82) is 0 Å². The van der Waals surface area contributed by atoms with Gasteiger partial charge in [0.1, 0.15) is 5.41 Å². The van der Waals surface area contributed by atoms with E-state index in [0.717, 1.165) is 19.4 Å². The summed E-state index contributed by atoms with van der Waals surface area (Å²) in [4.78, 5) is 18.2. The number of hydrogen-bond donors (Lipinski definition) is 1. The summed E-state index contributed by atoms with van der Waals surface area (Å²) in [6.45, 7) is 2.97. The SMILES string of the molecule is CC=C1CN2[C@@H]3C[C@@H]1[C@@]1(C(=O)OC)[C@@H]2C[C@@]2(c4ccccc4N(C)[C@H]32)[C@@H]1O. The van der Waals surface area contributed by atoms with Crippen LogP contribution in [0.4, 0.5) is 5.69 Å². The number of para-hydroxylation sites is 1. The van der Waals surface area contributed by atoms with Crippen LogP contribution in [0.15, 0.2) is 35.9 Å². The normalized spacial score (nSPS) is 49.5. The van der Waals surface area contributed by atoms with Gasteiger partial charge in [0.2, 0.25) is 0 Å². The van der Waals surface area contributed by atoms with Crippen molar-refractivity contribution >= 4 is 11.7 Å². The van der Waals surface area contributed by atoms with Crippen LogP contribution in [0.25, 0.3) is 0 Å². The number of allylic oxidation sites excluding steroid dienone is 1. The van der Waals surface area contributed by atoms with Crippen LogP contribution in [-0.2, 0) is 14.9 Å². The molecule has 8 atom stereocenters. The summed E-state index contributed by atoms with van der Waals surface area (Å²) in [6.07, 6.45) is 3.19. The van der Waals surface area contributed by atoms with Gasteiger partial charge in [-0.3, -0.25) is 9.69 Å². The minimum Gasteiger partial charge on any atom is -0.468 e. The molecular formula is C22H26N2O3. The predicted octanol–water partition coefficient (Wildman–Crippen LogP) is 1.70. The molecule has 1 unspecified atom stereocenters. The highest BCUT2D eigenvalue weighted by Crippen LogP contribution is 2.72. The van der Waals surface area contributed by atoms with Gasteiger partial charge in [-0.1, -0.05) is 29.8 Å².